The van der Waals surface area contributed by atoms with Crippen molar-refractivity contribution < 1.29 is 9.53 Å². The van der Waals surface area contributed by atoms with Gasteiger partial charge in [-0.25, -0.2) is 4.98 Å². The van der Waals surface area contributed by atoms with Crippen LogP contribution in [-0.4, -0.2) is 65.7 Å². The number of hydrogen-bond acceptors (Lipinski definition) is 8. The molecule has 1 fully saturated rings. The average molecular weight is 554 g/mol. The second-order valence-electron chi connectivity index (χ2n) is 10.4. The predicted molar refractivity (Wildman–Crippen MR) is 164 cm³/mol. The quantitative estimate of drug-likeness (QED) is 0.308. The highest BCUT2D eigenvalue weighted by atomic mass is 16.5. The van der Waals surface area contributed by atoms with Crippen molar-refractivity contribution in [2.45, 2.75) is 25.8 Å². The number of aromatic nitrogens is 3. The van der Waals surface area contributed by atoms with Crippen LogP contribution < -0.4 is 25.8 Å². The van der Waals surface area contributed by atoms with Crippen LogP contribution in [0.1, 0.15) is 18.4 Å². The lowest BCUT2D eigenvalue weighted by Gasteiger charge is -2.36. The Bertz CT molecular complexity index is 1660. The van der Waals surface area contributed by atoms with Crippen molar-refractivity contribution in [1.82, 2.24) is 19.4 Å². The van der Waals surface area contributed by atoms with Crippen LogP contribution in [0.25, 0.3) is 16.7 Å². The van der Waals surface area contributed by atoms with Gasteiger partial charge in [0.15, 0.2) is 5.65 Å². The summed E-state index contributed by atoms with van der Waals surface area (Å²) >= 11 is 0. The van der Waals surface area contributed by atoms with Crippen molar-refractivity contribution in [3.63, 3.8) is 0 Å². The van der Waals surface area contributed by atoms with Gasteiger partial charge < -0.3 is 25.2 Å². The SMILES string of the molecule is C=CC(=O)Nc1cccc(-n2c(=O)cc(C)c3cnc(Nc4ccc(N5CCC(N(C)C)CC5)cc4OC)nc32)c1. The van der Waals surface area contributed by atoms with Crippen molar-refractivity contribution in [2.75, 3.05) is 49.8 Å². The predicted octanol–water partition coefficient (Wildman–Crippen LogP) is 4.50. The molecule has 212 valence electrons. The molecule has 1 aliphatic heterocycles. The van der Waals surface area contributed by atoms with Crippen LogP contribution in [0.4, 0.5) is 23.0 Å². The highest BCUT2D eigenvalue weighted by Crippen LogP contribution is 2.33. The van der Waals surface area contributed by atoms with Crippen LogP contribution in [-0.2, 0) is 4.79 Å². The highest BCUT2D eigenvalue weighted by molar-refractivity contribution is 5.99. The Morgan fingerprint density at radius 1 is 1.12 bits per heavy atom. The van der Waals surface area contributed by atoms with Gasteiger partial charge in [0, 0.05) is 54.2 Å². The number of nitrogens with one attached hydrogen (secondary N) is 2. The third-order valence-electron chi connectivity index (χ3n) is 7.51. The zero-order valence-electron chi connectivity index (χ0n) is 23.8. The van der Waals surface area contributed by atoms with E-state index >= 15 is 0 Å². The summed E-state index contributed by atoms with van der Waals surface area (Å²) in [4.78, 5) is 39.0. The van der Waals surface area contributed by atoms with Crippen LogP contribution in [0.15, 0.2) is 72.2 Å². The number of methoxy groups -OCH3 is 1. The molecule has 2 aromatic heterocycles. The maximum absolute atomic E-state index is 13.2. The van der Waals surface area contributed by atoms with Gasteiger partial charge in [-0.3, -0.25) is 14.2 Å². The van der Waals surface area contributed by atoms with Crippen molar-refractivity contribution in [2.24, 2.45) is 0 Å². The first-order valence-corrected chi connectivity index (χ1v) is 13.6. The Morgan fingerprint density at radius 2 is 1.90 bits per heavy atom. The van der Waals surface area contributed by atoms with Gasteiger partial charge in [0.05, 0.1) is 18.5 Å². The lowest BCUT2D eigenvalue weighted by molar-refractivity contribution is -0.111. The Balaban J connectivity index is 1.47. The number of hydrogen-bond donors (Lipinski definition) is 2. The summed E-state index contributed by atoms with van der Waals surface area (Å²) in [5.74, 6) is 0.661. The Labute approximate surface area is 239 Å². The van der Waals surface area contributed by atoms with Crippen LogP contribution in [0.5, 0.6) is 5.75 Å². The highest BCUT2D eigenvalue weighted by Gasteiger charge is 2.22. The minimum absolute atomic E-state index is 0.244. The number of benzene rings is 2. The van der Waals surface area contributed by atoms with Crippen LogP contribution >= 0.6 is 0 Å². The summed E-state index contributed by atoms with van der Waals surface area (Å²) in [7, 11) is 5.92. The van der Waals surface area contributed by atoms with Crippen molar-refractivity contribution in [1.29, 1.82) is 0 Å². The Morgan fingerprint density at radius 3 is 2.61 bits per heavy atom. The summed E-state index contributed by atoms with van der Waals surface area (Å²) in [6, 6.07) is 15.2. The topological polar surface area (TPSA) is 105 Å². The minimum atomic E-state index is -0.338. The fraction of sp³-hybridized carbons (Fsp3) is 0.290. The number of carbonyl (C=O) groups is 1. The first kappa shape index (κ1) is 27.9. The van der Waals surface area contributed by atoms with Gasteiger partial charge in [-0.15, -0.1) is 0 Å². The average Bonchev–Trinajstić information content (AvgIpc) is 2.97. The van der Waals surface area contributed by atoms with Gasteiger partial charge in [0.1, 0.15) is 5.75 Å². The van der Waals surface area contributed by atoms with E-state index in [-0.39, 0.29) is 11.5 Å². The number of amides is 1. The van der Waals surface area contributed by atoms with Crippen LogP contribution in [0, 0.1) is 6.92 Å². The third kappa shape index (κ3) is 5.92. The molecule has 3 heterocycles. The number of pyridine rings is 1. The van der Waals surface area contributed by atoms with Crippen molar-refractivity contribution in [3.8, 4) is 11.4 Å². The maximum Gasteiger partial charge on any atom is 0.257 e. The molecular formula is C31H35N7O3. The van der Waals surface area contributed by atoms with E-state index in [2.05, 4.69) is 52.2 Å². The van der Waals surface area contributed by atoms with Gasteiger partial charge in [0.25, 0.3) is 5.56 Å². The van der Waals surface area contributed by atoms with Crippen LogP contribution in [0.2, 0.25) is 0 Å². The van der Waals surface area contributed by atoms with E-state index in [0.717, 1.165) is 48.3 Å². The summed E-state index contributed by atoms with van der Waals surface area (Å²) in [6.45, 7) is 7.32. The van der Waals surface area contributed by atoms with E-state index < -0.39 is 0 Å². The van der Waals surface area contributed by atoms with Gasteiger partial charge >= 0.3 is 0 Å². The molecule has 0 bridgehead atoms. The molecule has 1 amide bonds. The molecule has 2 aromatic carbocycles. The third-order valence-corrected chi connectivity index (χ3v) is 7.51. The first-order valence-electron chi connectivity index (χ1n) is 13.6. The molecule has 0 aliphatic carbocycles. The van der Waals surface area contributed by atoms with Crippen LogP contribution in [0.3, 0.4) is 0 Å². The van der Waals surface area contributed by atoms with Gasteiger partial charge in [-0.05, 0) is 75.8 Å². The Kier molecular flexibility index (Phi) is 8.02. The van der Waals surface area contributed by atoms with E-state index in [1.54, 1.807) is 43.6 Å². The normalized spacial score (nSPS) is 13.8. The summed E-state index contributed by atoms with van der Waals surface area (Å²) in [6.07, 6.45) is 5.13. The maximum atomic E-state index is 13.2. The van der Waals surface area contributed by atoms with Gasteiger partial charge in [-0.1, -0.05) is 12.6 Å². The number of rotatable bonds is 8. The standard InChI is InChI=1S/C31H35N7O3/c1-6-28(39)33-21-8-7-9-24(17-21)38-29(40)16-20(2)25-19-32-31(35-30(25)38)34-26-11-10-23(18-27(26)41-5)37-14-12-22(13-15-37)36(3)4/h6-11,16-19,22H,1,12-15H2,2-5H3,(H,33,39)(H,32,34,35). The number of aryl methyl sites for hydroxylation is 1. The molecule has 5 rings (SSSR count). The smallest absolute Gasteiger partial charge is 0.257 e. The molecule has 1 saturated heterocycles. The van der Waals surface area contributed by atoms with E-state index in [0.29, 0.717) is 34.8 Å². The molecule has 10 nitrogen and oxygen atoms in total. The van der Waals surface area contributed by atoms with Gasteiger partial charge in [-0.2, -0.15) is 4.98 Å². The fourth-order valence-electron chi connectivity index (χ4n) is 5.22. The number of piperidine rings is 1. The second kappa shape index (κ2) is 11.8. The minimum Gasteiger partial charge on any atom is -0.494 e. The van der Waals surface area contributed by atoms with Crippen molar-refractivity contribution >= 4 is 40.0 Å². The molecule has 0 atom stereocenters. The fourth-order valence-corrected chi connectivity index (χ4v) is 5.22. The summed E-state index contributed by atoms with van der Waals surface area (Å²) in [5, 5.41) is 6.75. The number of nitrogens with zero attached hydrogens (tertiary/aromatic N) is 5. The molecule has 0 spiro atoms. The number of fused-ring (bicyclic) bond motifs is 1. The zero-order valence-corrected chi connectivity index (χ0v) is 23.8. The number of anilines is 4. The molecule has 1 aliphatic rings. The molecule has 0 radical (unpaired) electrons. The zero-order chi connectivity index (χ0) is 29.1. The molecule has 2 N–H and O–H groups in total. The lowest BCUT2D eigenvalue weighted by Crippen LogP contribution is -2.41. The van der Waals surface area contributed by atoms with Gasteiger partial charge in [0.2, 0.25) is 11.9 Å². The molecule has 0 unspecified atom stereocenters. The van der Waals surface area contributed by atoms with E-state index in [9.17, 15) is 9.59 Å². The largest absolute Gasteiger partial charge is 0.494 e. The molecular weight excluding hydrogens is 518 g/mol. The van der Waals surface area contributed by atoms with Crippen molar-refractivity contribution in [3.05, 3.63) is 83.3 Å². The number of ether oxygens (including phenoxy) is 1. The monoisotopic (exact) mass is 553 g/mol. The Hall–Kier alpha value is -4.70. The summed E-state index contributed by atoms with van der Waals surface area (Å²) in [5.41, 5.74) is 3.89. The molecule has 41 heavy (non-hydrogen) atoms. The number of carbonyl (C=O) groups excluding carboxylic acids is 1. The summed E-state index contributed by atoms with van der Waals surface area (Å²) < 4.78 is 7.24. The van der Waals surface area contributed by atoms with E-state index in [1.807, 2.05) is 19.1 Å². The van der Waals surface area contributed by atoms with E-state index in [1.165, 1.54) is 10.6 Å². The molecule has 10 heteroatoms. The lowest BCUT2D eigenvalue weighted by atomic mass is 10.0. The van der Waals surface area contributed by atoms with E-state index in [4.69, 9.17) is 9.72 Å². The second-order valence-corrected chi connectivity index (χ2v) is 10.4. The molecule has 0 saturated carbocycles. The first-order chi connectivity index (χ1) is 19.8. The molecule has 4 aromatic rings.